The Labute approximate surface area is 108 Å². The van der Waals surface area contributed by atoms with Crippen LogP contribution in [0.25, 0.3) is 0 Å². The van der Waals surface area contributed by atoms with E-state index in [-0.39, 0.29) is 5.78 Å². The highest BCUT2D eigenvalue weighted by Gasteiger charge is 2.45. The van der Waals surface area contributed by atoms with Gasteiger partial charge in [0.05, 0.1) is 12.1 Å². The second-order valence-electron chi connectivity index (χ2n) is 4.91. The van der Waals surface area contributed by atoms with Crippen molar-refractivity contribution in [1.82, 2.24) is 0 Å². The van der Waals surface area contributed by atoms with Crippen molar-refractivity contribution in [3.63, 3.8) is 0 Å². The molecule has 3 rings (SSSR count). The van der Waals surface area contributed by atoms with Crippen molar-refractivity contribution in [2.75, 3.05) is 6.61 Å². The van der Waals surface area contributed by atoms with Crippen molar-refractivity contribution in [1.29, 1.82) is 0 Å². The Morgan fingerprint density at radius 2 is 2.24 bits per heavy atom. The first-order valence-electron chi connectivity index (χ1n) is 5.85. The maximum Gasteiger partial charge on any atom is 0.157 e. The molecule has 1 saturated carbocycles. The van der Waals surface area contributed by atoms with E-state index in [0.717, 1.165) is 35.0 Å². The summed E-state index contributed by atoms with van der Waals surface area (Å²) in [4.78, 5) is 12.0. The number of carbonyl (C=O) groups is 1. The predicted molar refractivity (Wildman–Crippen MR) is 68.2 cm³/mol. The number of nitrogens with two attached hydrogens (primary N) is 1. The molecule has 90 valence electrons. The topological polar surface area (TPSA) is 52.3 Å². The third-order valence-corrected chi connectivity index (χ3v) is 3.98. The molecule has 0 unspecified atom stereocenters. The molecule has 1 aromatic carbocycles. The van der Waals surface area contributed by atoms with Gasteiger partial charge in [-0.05, 0) is 30.5 Å². The lowest BCUT2D eigenvalue weighted by molar-refractivity contribution is -0.120. The fraction of sp³-hybridized carbons (Fsp3) is 0.462. The minimum absolute atomic E-state index is 0.133. The number of rotatable bonds is 3. The lowest BCUT2D eigenvalue weighted by Gasteiger charge is -2.11. The normalized spacial score (nSPS) is 19.6. The molecule has 0 atom stereocenters. The minimum atomic E-state index is -0.548. The van der Waals surface area contributed by atoms with E-state index in [1.807, 2.05) is 6.07 Å². The largest absolute Gasteiger partial charge is 0.493 e. The Hall–Kier alpha value is -0.870. The quantitative estimate of drug-likeness (QED) is 0.928. The summed E-state index contributed by atoms with van der Waals surface area (Å²) in [7, 11) is 0. The van der Waals surface area contributed by atoms with Crippen LogP contribution in [0.4, 0.5) is 0 Å². The van der Waals surface area contributed by atoms with Gasteiger partial charge in [-0.15, -0.1) is 0 Å². The third kappa shape index (κ3) is 2.00. The summed E-state index contributed by atoms with van der Waals surface area (Å²) in [5, 5.41) is 0. The Kier molecular flexibility index (Phi) is 2.52. The van der Waals surface area contributed by atoms with Crippen molar-refractivity contribution in [2.45, 2.75) is 31.2 Å². The van der Waals surface area contributed by atoms with Gasteiger partial charge in [0.15, 0.2) is 5.78 Å². The molecule has 0 spiro atoms. The Morgan fingerprint density at radius 3 is 2.94 bits per heavy atom. The fourth-order valence-electron chi connectivity index (χ4n) is 2.24. The molecule has 1 aromatic rings. The van der Waals surface area contributed by atoms with Crippen LogP contribution >= 0.6 is 15.9 Å². The van der Waals surface area contributed by atoms with Gasteiger partial charge >= 0.3 is 0 Å². The summed E-state index contributed by atoms with van der Waals surface area (Å²) >= 11 is 3.47. The maximum absolute atomic E-state index is 12.0. The van der Waals surface area contributed by atoms with Gasteiger partial charge in [0, 0.05) is 22.9 Å². The molecule has 1 heterocycles. The Morgan fingerprint density at radius 1 is 1.47 bits per heavy atom. The van der Waals surface area contributed by atoms with Gasteiger partial charge in [-0.2, -0.15) is 0 Å². The number of carbonyl (C=O) groups excluding carboxylic acids is 1. The summed E-state index contributed by atoms with van der Waals surface area (Å²) in [5.74, 6) is 1.03. The van der Waals surface area contributed by atoms with Crippen molar-refractivity contribution in [3.05, 3.63) is 27.7 Å². The molecule has 17 heavy (non-hydrogen) atoms. The molecule has 2 aliphatic rings. The zero-order valence-electron chi connectivity index (χ0n) is 9.46. The van der Waals surface area contributed by atoms with Crippen molar-refractivity contribution in [3.8, 4) is 5.75 Å². The van der Waals surface area contributed by atoms with Crippen molar-refractivity contribution in [2.24, 2.45) is 5.73 Å². The van der Waals surface area contributed by atoms with Crippen LogP contribution in [0, 0.1) is 0 Å². The molecule has 0 saturated heterocycles. The predicted octanol–water partition coefficient (Wildman–Crippen LogP) is 1.99. The smallest absolute Gasteiger partial charge is 0.157 e. The number of fused-ring (bicyclic) bond motifs is 1. The van der Waals surface area contributed by atoms with Gasteiger partial charge in [0.1, 0.15) is 5.75 Å². The number of benzene rings is 1. The summed E-state index contributed by atoms with van der Waals surface area (Å²) in [6.07, 6.45) is 2.95. The third-order valence-electron chi connectivity index (χ3n) is 3.52. The average molecular weight is 296 g/mol. The monoisotopic (exact) mass is 295 g/mol. The summed E-state index contributed by atoms with van der Waals surface area (Å²) in [6.45, 7) is 0.709. The molecular formula is C13H14BrNO2. The van der Waals surface area contributed by atoms with E-state index in [4.69, 9.17) is 10.5 Å². The molecular weight excluding hydrogens is 282 g/mol. The number of ketones is 1. The molecule has 1 aliphatic heterocycles. The van der Waals surface area contributed by atoms with Gasteiger partial charge in [-0.1, -0.05) is 15.9 Å². The first-order chi connectivity index (χ1) is 8.08. The van der Waals surface area contributed by atoms with Crippen molar-refractivity contribution >= 4 is 21.7 Å². The van der Waals surface area contributed by atoms with Gasteiger partial charge in [0.2, 0.25) is 0 Å². The zero-order valence-corrected chi connectivity index (χ0v) is 11.0. The molecule has 0 aromatic heterocycles. The van der Waals surface area contributed by atoms with E-state index in [0.29, 0.717) is 13.0 Å². The molecule has 2 N–H and O–H groups in total. The molecule has 1 fully saturated rings. The van der Waals surface area contributed by atoms with Gasteiger partial charge < -0.3 is 10.5 Å². The second-order valence-corrected chi connectivity index (χ2v) is 5.82. The van der Waals surface area contributed by atoms with Crippen LogP contribution < -0.4 is 10.5 Å². The van der Waals surface area contributed by atoms with Crippen LogP contribution in [-0.4, -0.2) is 17.9 Å². The van der Waals surface area contributed by atoms with E-state index >= 15 is 0 Å². The Bertz CT molecular complexity index is 494. The Balaban J connectivity index is 1.90. The van der Waals surface area contributed by atoms with E-state index in [2.05, 4.69) is 22.0 Å². The lowest BCUT2D eigenvalue weighted by atomic mass is 10.00. The minimum Gasteiger partial charge on any atom is -0.493 e. The van der Waals surface area contributed by atoms with Crippen LogP contribution in [0.3, 0.4) is 0 Å². The molecule has 0 radical (unpaired) electrons. The van der Waals surface area contributed by atoms with Gasteiger partial charge in [0.25, 0.3) is 0 Å². The van der Waals surface area contributed by atoms with Crippen LogP contribution in [0.1, 0.15) is 24.0 Å². The summed E-state index contributed by atoms with van der Waals surface area (Å²) < 4.78 is 6.61. The lowest BCUT2D eigenvalue weighted by Crippen LogP contribution is -2.34. The second kappa shape index (κ2) is 3.82. The summed E-state index contributed by atoms with van der Waals surface area (Å²) in [5.41, 5.74) is 7.52. The highest BCUT2D eigenvalue weighted by atomic mass is 79.9. The van der Waals surface area contributed by atoms with E-state index in [1.54, 1.807) is 0 Å². The van der Waals surface area contributed by atoms with Crippen LogP contribution in [0.5, 0.6) is 5.75 Å². The number of hydrogen-bond acceptors (Lipinski definition) is 3. The molecule has 3 nitrogen and oxygen atoms in total. The van der Waals surface area contributed by atoms with Crippen LogP contribution in [-0.2, 0) is 17.6 Å². The first kappa shape index (κ1) is 11.2. The average Bonchev–Trinajstić information content (AvgIpc) is 2.86. The fourth-order valence-corrected chi connectivity index (χ4v) is 2.79. The highest BCUT2D eigenvalue weighted by molar-refractivity contribution is 9.10. The van der Waals surface area contributed by atoms with Crippen LogP contribution in [0.15, 0.2) is 16.6 Å². The van der Waals surface area contributed by atoms with E-state index in [9.17, 15) is 4.79 Å². The zero-order chi connectivity index (χ0) is 12.0. The standard InChI is InChI=1S/C13H14BrNO2/c14-10-5-8-1-4-17-12(8)9(6-10)7-11(16)13(15)2-3-13/h5-6H,1-4,7,15H2. The number of Topliss-reactive ketones (excluding diaryl/α,β-unsaturated/α-hetero) is 1. The van der Waals surface area contributed by atoms with Gasteiger partial charge in [-0.3, -0.25) is 4.79 Å². The summed E-state index contributed by atoms with van der Waals surface area (Å²) in [6, 6.07) is 4.03. The first-order valence-corrected chi connectivity index (χ1v) is 6.64. The highest BCUT2D eigenvalue weighted by Crippen LogP contribution is 2.37. The van der Waals surface area contributed by atoms with E-state index in [1.165, 1.54) is 5.56 Å². The SMILES string of the molecule is NC1(C(=O)Cc2cc(Br)cc3c2OCC3)CC1. The molecule has 1 aliphatic carbocycles. The number of halogens is 1. The number of hydrogen-bond donors (Lipinski definition) is 1. The molecule has 0 amide bonds. The molecule has 0 bridgehead atoms. The number of ether oxygens (including phenoxy) is 1. The van der Waals surface area contributed by atoms with Crippen LogP contribution in [0.2, 0.25) is 0 Å². The van der Waals surface area contributed by atoms with Gasteiger partial charge in [-0.25, -0.2) is 0 Å². The van der Waals surface area contributed by atoms with Crippen molar-refractivity contribution < 1.29 is 9.53 Å². The van der Waals surface area contributed by atoms with E-state index < -0.39 is 5.54 Å². The maximum atomic E-state index is 12.0. The molecule has 4 heteroatoms.